The van der Waals surface area contributed by atoms with Crippen molar-refractivity contribution in [1.82, 2.24) is 4.90 Å². The first-order valence-corrected chi connectivity index (χ1v) is 11.0. The predicted octanol–water partition coefficient (Wildman–Crippen LogP) is 6.79. The third-order valence-corrected chi connectivity index (χ3v) is 5.13. The molecule has 0 heterocycles. The second kappa shape index (κ2) is 10.3. The molecule has 0 spiro atoms. The lowest BCUT2D eigenvalue weighted by molar-refractivity contribution is -0.156. The maximum absolute atomic E-state index is 12.8. The lowest BCUT2D eigenvalue weighted by Gasteiger charge is -2.40. The fourth-order valence-electron chi connectivity index (χ4n) is 3.89. The van der Waals surface area contributed by atoms with Gasteiger partial charge in [-0.25, -0.2) is 0 Å². The Hall–Kier alpha value is -2.13. The highest BCUT2D eigenvalue weighted by Crippen LogP contribution is 2.33. The summed E-state index contributed by atoms with van der Waals surface area (Å²) in [5.74, 6) is -0.130. The molecule has 3 nitrogen and oxygen atoms in total. The summed E-state index contributed by atoms with van der Waals surface area (Å²) >= 11 is 0. The molecule has 0 saturated carbocycles. The second-order valence-corrected chi connectivity index (χ2v) is 10.5. The molecule has 164 valence electrons. The summed E-state index contributed by atoms with van der Waals surface area (Å²) in [7, 11) is 0. The Morgan fingerprint density at radius 3 is 1.93 bits per heavy atom. The van der Waals surface area contributed by atoms with E-state index >= 15 is 0 Å². The molecule has 0 aliphatic heterocycles. The van der Waals surface area contributed by atoms with Crippen LogP contribution >= 0.6 is 0 Å². The van der Waals surface area contributed by atoms with E-state index in [4.69, 9.17) is 4.74 Å². The van der Waals surface area contributed by atoms with Crippen molar-refractivity contribution in [1.29, 1.82) is 0 Å². The van der Waals surface area contributed by atoms with E-state index in [1.165, 1.54) is 11.1 Å². The quantitative estimate of drug-likeness (QED) is 0.450. The van der Waals surface area contributed by atoms with Crippen molar-refractivity contribution >= 4 is 5.97 Å². The zero-order chi connectivity index (χ0) is 22.4. The van der Waals surface area contributed by atoms with E-state index in [1.807, 2.05) is 32.9 Å². The van der Waals surface area contributed by atoms with Crippen LogP contribution in [0.4, 0.5) is 0 Å². The van der Waals surface area contributed by atoms with Gasteiger partial charge in [-0.1, -0.05) is 81.4 Å². The number of carbonyl (C=O) groups excluding carboxylic acids is 1. The number of nitrogens with zero attached hydrogens (tertiary/aromatic N) is 1. The molecule has 2 aromatic carbocycles. The minimum Gasteiger partial charge on any atom is -0.460 e. The van der Waals surface area contributed by atoms with Gasteiger partial charge in [0, 0.05) is 18.6 Å². The van der Waals surface area contributed by atoms with Gasteiger partial charge in [0.05, 0.1) is 6.42 Å². The largest absolute Gasteiger partial charge is 0.460 e. The highest BCUT2D eigenvalue weighted by atomic mass is 16.6. The van der Waals surface area contributed by atoms with Crippen LogP contribution in [0.5, 0.6) is 0 Å². The van der Waals surface area contributed by atoms with Gasteiger partial charge in [0.1, 0.15) is 5.60 Å². The number of hydrogen-bond donors (Lipinski definition) is 0. The Kier molecular flexibility index (Phi) is 8.25. The van der Waals surface area contributed by atoms with E-state index in [0.717, 1.165) is 13.0 Å². The smallest absolute Gasteiger partial charge is 0.307 e. The van der Waals surface area contributed by atoms with E-state index in [9.17, 15) is 4.79 Å². The van der Waals surface area contributed by atoms with Crippen molar-refractivity contribution in [2.75, 3.05) is 0 Å². The molecule has 0 aliphatic carbocycles. The van der Waals surface area contributed by atoms with Crippen molar-refractivity contribution in [3.63, 3.8) is 0 Å². The predicted molar refractivity (Wildman–Crippen MR) is 125 cm³/mol. The van der Waals surface area contributed by atoms with Gasteiger partial charge in [0.25, 0.3) is 0 Å². The number of benzene rings is 2. The molecule has 2 aromatic rings. The van der Waals surface area contributed by atoms with Gasteiger partial charge in [-0.3, -0.25) is 9.69 Å². The third-order valence-electron chi connectivity index (χ3n) is 5.13. The van der Waals surface area contributed by atoms with Gasteiger partial charge in [-0.15, -0.1) is 0 Å². The molecule has 30 heavy (non-hydrogen) atoms. The Balaban J connectivity index is 2.38. The molecule has 0 amide bonds. The minimum atomic E-state index is -0.474. The fourth-order valence-corrected chi connectivity index (χ4v) is 3.89. The van der Waals surface area contributed by atoms with Gasteiger partial charge >= 0.3 is 5.97 Å². The van der Waals surface area contributed by atoms with Crippen molar-refractivity contribution in [3.05, 3.63) is 71.8 Å². The van der Waals surface area contributed by atoms with Crippen LogP contribution in [0.2, 0.25) is 0 Å². The first-order chi connectivity index (χ1) is 13.9. The SMILES string of the molecule is C[C@H](c1ccccc1)N(Cc1ccccc1)[C@@H](CC(=O)OC(C)(C)C)CC(C)(C)C. The molecule has 3 heteroatoms. The van der Waals surface area contributed by atoms with Gasteiger partial charge in [0.2, 0.25) is 0 Å². The van der Waals surface area contributed by atoms with Gasteiger partial charge < -0.3 is 4.74 Å². The molecule has 0 aliphatic rings. The molecule has 0 N–H and O–H groups in total. The molecule has 2 rings (SSSR count). The lowest BCUT2D eigenvalue weighted by atomic mass is 9.85. The zero-order valence-corrected chi connectivity index (χ0v) is 19.8. The number of rotatable bonds is 8. The maximum atomic E-state index is 12.8. The second-order valence-electron chi connectivity index (χ2n) is 10.5. The molecule has 0 bridgehead atoms. The van der Waals surface area contributed by atoms with Crippen molar-refractivity contribution in [2.24, 2.45) is 5.41 Å². The van der Waals surface area contributed by atoms with Crippen LogP contribution in [0.25, 0.3) is 0 Å². The summed E-state index contributed by atoms with van der Waals surface area (Å²) in [6.45, 7) is 15.5. The first-order valence-electron chi connectivity index (χ1n) is 11.0. The first kappa shape index (κ1) is 24.1. The molecule has 0 aromatic heterocycles. The molecular weight excluding hydrogens is 370 g/mol. The van der Waals surface area contributed by atoms with Crippen LogP contribution in [-0.4, -0.2) is 22.5 Å². The Bertz CT molecular complexity index is 772. The number of carbonyl (C=O) groups is 1. The van der Waals surface area contributed by atoms with Gasteiger partial charge in [0.15, 0.2) is 0 Å². The third kappa shape index (κ3) is 8.31. The van der Waals surface area contributed by atoms with E-state index < -0.39 is 5.60 Å². The van der Waals surface area contributed by atoms with Crippen LogP contribution in [0.15, 0.2) is 60.7 Å². The van der Waals surface area contributed by atoms with Gasteiger partial charge in [-0.2, -0.15) is 0 Å². The molecule has 2 atom stereocenters. The van der Waals surface area contributed by atoms with E-state index in [-0.39, 0.29) is 23.5 Å². The number of esters is 1. The van der Waals surface area contributed by atoms with Crippen LogP contribution in [0.1, 0.15) is 78.5 Å². The summed E-state index contributed by atoms with van der Waals surface area (Å²) in [6.07, 6.45) is 1.30. The highest BCUT2D eigenvalue weighted by molar-refractivity contribution is 5.70. The Morgan fingerprint density at radius 2 is 1.43 bits per heavy atom. The number of hydrogen-bond acceptors (Lipinski definition) is 3. The standard InChI is InChI=1S/C27H39NO2/c1-21(23-16-12-9-13-17-23)28(20-22-14-10-8-11-15-22)24(19-26(2,3)4)18-25(29)30-27(5,6)7/h8-17,21,24H,18-20H2,1-7H3/t21-,24+/m1/s1. The summed E-state index contributed by atoms with van der Waals surface area (Å²) in [6, 6.07) is 21.3. The minimum absolute atomic E-state index is 0.0789. The molecule has 0 unspecified atom stereocenters. The van der Waals surface area contributed by atoms with E-state index in [0.29, 0.717) is 6.42 Å². The average Bonchev–Trinajstić information content (AvgIpc) is 2.64. The average molecular weight is 410 g/mol. The highest BCUT2D eigenvalue weighted by Gasteiger charge is 2.32. The van der Waals surface area contributed by atoms with Crippen molar-refractivity contribution in [2.45, 2.75) is 85.5 Å². The molecule has 0 saturated heterocycles. The summed E-state index contributed by atoms with van der Waals surface area (Å²) < 4.78 is 5.70. The topological polar surface area (TPSA) is 29.5 Å². The maximum Gasteiger partial charge on any atom is 0.307 e. The monoisotopic (exact) mass is 409 g/mol. The molecule has 0 radical (unpaired) electrons. The molecular formula is C27H39NO2. The van der Waals surface area contributed by atoms with Crippen molar-refractivity contribution in [3.8, 4) is 0 Å². The normalized spacial score (nSPS) is 14.4. The fraction of sp³-hybridized carbons (Fsp3) is 0.519. The summed E-state index contributed by atoms with van der Waals surface area (Å²) in [5, 5.41) is 0. The van der Waals surface area contributed by atoms with E-state index in [1.54, 1.807) is 0 Å². The Morgan fingerprint density at radius 1 is 0.900 bits per heavy atom. The van der Waals surface area contributed by atoms with Crippen molar-refractivity contribution < 1.29 is 9.53 Å². The Labute approximate surface area is 183 Å². The number of ether oxygens (including phenoxy) is 1. The van der Waals surface area contributed by atoms with E-state index in [2.05, 4.69) is 81.1 Å². The molecule has 0 fully saturated rings. The summed E-state index contributed by atoms with van der Waals surface area (Å²) in [5.41, 5.74) is 2.14. The van der Waals surface area contributed by atoms with Crippen LogP contribution in [-0.2, 0) is 16.1 Å². The summed E-state index contributed by atoms with van der Waals surface area (Å²) in [4.78, 5) is 15.3. The zero-order valence-electron chi connectivity index (χ0n) is 19.8. The van der Waals surface area contributed by atoms with Crippen LogP contribution in [0, 0.1) is 5.41 Å². The van der Waals surface area contributed by atoms with Crippen LogP contribution < -0.4 is 0 Å². The van der Waals surface area contributed by atoms with Crippen LogP contribution in [0.3, 0.4) is 0 Å². The lowest BCUT2D eigenvalue weighted by Crippen LogP contribution is -2.41. The van der Waals surface area contributed by atoms with Gasteiger partial charge in [-0.05, 0) is 50.7 Å².